The number of rotatable bonds is 5. The van der Waals surface area contributed by atoms with Crippen molar-refractivity contribution in [3.63, 3.8) is 0 Å². The van der Waals surface area contributed by atoms with Crippen LogP contribution in [0.1, 0.15) is 39.2 Å². The van der Waals surface area contributed by atoms with Crippen molar-refractivity contribution in [1.29, 1.82) is 0 Å². The smallest absolute Gasteiger partial charge is 0.235 e. The predicted octanol–water partition coefficient (Wildman–Crippen LogP) is 3.18. The molecule has 3 atom stereocenters. The van der Waals surface area contributed by atoms with Crippen LogP contribution >= 0.6 is 11.8 Å². The number of hydrogen-bond donors (Lipinski definition) is 0. The summed E-state index contributed by atoms with van der Waals surface area (Å²) in [7, 11) is 0. The summed E-state index contributed by atoms with van der Waals surface area (Å²) in [6.45, 7) is 8.74. The third-order valence-electron chi connectivity index (χ3n) is 5.58. The van der Waals surface area contributed by atoms with Crippen LogP contribution in [0.4, 0.5) is 0 Å². The van der Waals surface area contributed by atoms with E-state index in [9.17, 15) is 9.59 Å². The highest BCUT2D eigenvalue weighted by molar-refractivity contribution is 7.99. The SMILES string of the molecule is CC1CN(C(=O)C2CCN(C(=O)C(C)SCc3ccccc3)CC2)CC(C)O1. The van der Waals surface area contributed by atoms with E-state index in [4.69, 9.17) is 4.74 Å². The first kappa shape index (κ1) is 21.2. The molecule has 154 valence electrons. The number of morpholine rings is 1. The van der Waals surface area contributed by atoms with Crippen molar-refractivity contribution >= 4 is 23.6 Å². The van der Waals surface area contributed by atoms with Gasteiger partial charge in [0.15, 0.2) is 0 Å². The number of ether oxygens (including phenoxy) is 1. The number of benzene rings is 1. The van der Waals surface area contributed by atoms with Gasteiger partial charge in [-0.1, -0.05) is 30.3 Å². The van der Waals surface area contributed by atoms with Gasteiger partial charge in [-0.3, -0.25) is 9.59 Å². The van der Waals surface area contributed by atoms with Gasteiger partial charge in [0.2, 0.25) is 11.8 Å². The third kappa shape index (κ3) is 5.51. The highest BCUT2D eigenvalue weighted by Crippen LogP contribution is 2.25. The molecule has 2 fully saturated rings. The molecule has 3 rings (SSSR count). The topological polar surface area (TPSA) is 49.9 Å². The van der Waals surface area contributed by atoms with Crippen molar-refractivity contribution in [2.45, 2.75) is 56.8 Å². The fourth-order valence-electron chi connectivity index (χ4n) is 4.09. The summed E-state index contributed by atoms with van der Waals surface area (Å²) in [5.41, 5.74) is 1.24. The van der Waals surface area contributed by atoms with Crippen molar-refractivity contribution in [3.8, 4) is 0 Å². The average molecular weight is 405 g/mol. The van der Waals surface area contributed by atoms with Crippen molar-refractivity contribution in [3.05, 3.63) is 35.9 Å². The molecule has 2 saturated heterocycles. The maximum absolute atomic E-state index is 12.9. The molecule has 6 heteroatoms. The monoisotopic (exact) mass is 404 g/mol. The Bertz CT molecular complexity index is 651. The molecular formula is C22H32N2O3S. The summed E-state index contributed by atoms with van der Waals surface area (Å²) >= 11 is 1.68. The number of amides is 2. The Labute approximate surface area is 172 Å². The molecule has 0 bridgehead atoms. The summed E-state index contributed by atoms with van der Waals surface area (Å²) in [6.07, 6.45) is 1.72. The van der Waals surface area contributed by atoms with Gasteiger partial charge in [0.1, 0.15) is 0 Å². The first-order valence-electron chi connectivity index (χ1n) is 10.3. The van der Waals surface area contributed by atoms with Crippen molar-refractivity contribution in [1.82, 2.24) is 9.80 Å². The average Bonchev–Trinajstić information content (AvgIpc) is 2.71. The van der Waals surface area contributed by atoms with E-state index in [-0.39, 0.29) is 35.2 Å². The molecule has 5 nitrogen and oxygen atoms in total. The van der Waals surface area contributed by atoms with Gasteiger partial charge in [0, 0.05) is 37.8 Å². The summed E-state index contributed by atoms with van der Waals surface area (Å²) in [5, 5.41) is -0.0617. The Balaban J connectivity index is 1.45. The zero-order chi connectivity index (χ0) is 20.1. The molecule has 0 spiro atoms. The van der Waals surface area contributed by atoms with Crippen molar-refractivity contribution < 1.29 is 14.3 Å². The molecule has 0 N–H and O–H groups in total. The quantitative estimate of drug-likeness (QED) is 0.756. The lowest BCUT2D eigenvalue weighted by Gasteiger charge is -2.39. The van der Waals surface area contributed by atoms with E-state index in [0.717, 1.165) is 18.6 Å². The minimum absolute atomic E-state index is 0.0360. The Hall–Kier alpha value is -1.53. The summed E-state index contributed by atoms with van der Waals surface area (Å²) in [4.78, 5) is 29.6. The Kier molecular flexibility index (Phi) is 7.41. The van der Waals surface area contributed by atoms with Gasteiger partial charge >= 0.3 is 0 Å². The third-order valence-corrected chi connectivity index (χ3v) is 6.78. The fraction of sp³-hybridized carbons (Fsp3) is 0.636. The minimum atomic E-state index is -0.0617. The minimum Gasteiger partial charge on any atom is -0.372 e. The second-order valence-corrected chi connectivity index (χ2v) is 9.37. The molecular weight excluding hydrogens is 372 g/mol. The number of carbonyl (C=O) groups excluding carboxylic acids is 2. The number of piperidine rings is 1. The predicted molar refractivity (Wildman–Crippen MR) is 113 cm³/mol. The number of thioether (sulfide) groups is 1. The summed E-state index contributed by atoms with van der Waals surface area (Å²) in [5.74, 6) is 1.31. The van der Waals surface area contributed by atoms with Crippen LogP contribution in [-0.2, 0) is 20.1 Å². The van der Waals surface area contributed by atoms with Gasteiger partial charge in [0.05, 0.1) is 17.5 Å². The van der Waals surface area contributed by atoms with E-state index in [1.54, 1.807) is 11.8 Å². The largest absolute Gasteiger partial charge is 0.372 e. The van der Waals surface area contributed by atoms with E-state index in [1.807, 2.05) is 48.8 Å². The van der Waals surface area contributed by atoms with E-state index >= 15 is 0 Å². The molecule has 28 heavy (non-hydrogen) atoms. The standard InChI is InChI=1S/C22H32N2O3S/c1-16-13-24(14-17(2)27-16)22(26)20-9-11-23(12-10-20)21(25)18(3)28-15-19-7-5-4-6-8-19/h4-8,16-18,20H,9-15H2,1-3H3. The molecule has 0 aromatic heterocycles. The molecule has 0 saturated carbocycles. The van der Waals surface area contributed by atoms with Gasteiger partial charge < -0.3 is 14.5 Å². The highest BCUT2D eigenvalue weighted by atomic mass is 32.2. The van der Waals surface area contributed by atoms with Gasteiger partial charge in [-0.15, -0.1) is 11.8 Å². The second-order valence-electron chi connectivity index (χ2n) is 8.04. The number of carbonyl (C=O) groups is 2. The van der Waals surface area contributed by atoms with Gasteiger partial charge in [-0.05, 0) is 39.2 Å². The van der Waals surface area contributed by atoms with Gasteiger partial charge in [-0.25, -0.2) is 0 Å². The highest BCUT2D eigenvalue weighted by Gasteiger charge is 2.34. The van der Waals surface area contributed by atoms with Crippen LogP contribution in [0.2, 0.25) is 0 Å². The molecule has 2 aliphatic rings. The van der Waals surface area contributed by atoms with Crippen LogP contribution in [0.25, 0.3) is 0 Å². The number of nitrogens with zero attached hydrogens (tertiary/aromatic N) is 2. The van der Waals surface area contributed by atoms with E-state index in [1.165, 1.54) is 5.56 Å². The van der Waals surface area contributed by atoms with E-state index in [0.29, 0.717) is 26.2 Å². The second kappa shape index (κ2) is 9.79. The van der Waals surface area contributed by atoms with Crippen LogP contribution in [0, 0.1) is 5.92 Å². The molecule has 1 aromatic carbocycles. The zero-order valence-electron chi connectivity index (χ0n) is 17.2. The van der Waals surface area contributed by atoms with Crippen LogP contribution in [0.15, 0.2) is 30.3 Å². The molecule has 3 unspecified atom stereocenters. The van der Waals surface area contributed by atoms with Crippen LogP contribution in [0.3, 0.4) is 0 Å². The Morgan fingerprint density at radius 3 is 2.29 bits per heavy atom. The van der Waals surface area contributed by atoms with E-state index < -0.39 is 0 Å². The maximum atomic E-state index is 12.9. The van der Waals surface area contributed by atoms with Crippen molar-refractivity contribution in [2.75, 3.05) is 26.2 Å². The summed E-state index contributed by atoms with van der Waals surface area (Å²) < 4.78 is 5.73. The lowest BCUT2D eigenvalue weighted by atomic mass is 9.94. The molecule has 2 aliphatic heterocycles. The van der Waals surface area contributed by atoms with Crippen LogP contribution in [0.5, 0.6) is 0 Å². The number of hydrogen-bond acceptors (Lipinski definition) is 4. The molecule has 2 heterocycles. The Morgan fingerprint density at radius 1 is 1.07 bits per heavy atom. The summed E-state index contributed by atoms with van der Waals surface area (Å²) in [6, 6.07) is 10.2. The van der Waals surface area contributed by atoms with Crippen LogP contribution < -0.4 is 0 Å². The lowest BCUT2D eigenvalue weighted by Crippen LogP contribution is -2.52. The normalized spacial score (nSPS) is 24.8. The lowest BCUT2D eigenvalue weighted by molar-refractivity contribution is -0.150. The first-order chi connectivity index (χ1) is 13.4. The molecule has 0 aliphatic carbocycles. The zero-order valence-corrected chi connectivity index (χ0v) is 18.0. The molecule has 2 amide bonds. The molecule has 1 aromatic rings. The fourth-order valence-corrected chi connectivity index (χ4v) is 5.01. The van der Waals surface area contributed by atoms with Gasteiger partial charge in [0.25, 0.3) is 0 Å². The van der Waals surface area contributed by atoms with Crippen molar-refractivity contribution in [2.24, 2.45) is 5.92 Å². The van der Waals surface area contributed by atoms with Gasteiger partial charge in [-0.2, -0.15) is 0 Å². The van der Waals surface area contributed by atoms with Crippen LogP contribution in [-0.4, -0.2) is 65.3 Å². The number of likely N-dealkylation sites (tertiary alicyclic amines) is 1. The molecule has 0 radical (unpaired) electrons. The van der Waals surface area contributed by atoms with E-state index in [2.05, 4.69) is 12.1 Å². The first-order valence-corrected chi connectivity index (χ1v) is 11.4. The maximum Gasteiger partial charge on any atom is 0.235 e. The Morgan fingerprint density at radius 2 is 1.68 bits per heavy atom.